The van der Waals surface area contributed by atoms with Crippen molar-refractivity contribution in [1.29, 1.82) is 5.26 Å². The van der Waals surface area contributed by atoms with Crippen molar-refractivity contribution >= 4 is 11.5 Å². The van der Waals surface area contributed by atoms with E-state index in [4.69, 9.17) is 15.7 Å². The molecule has 0 bridgehead atoms. The monoisotopic (exact) mass is 248 g/mol. The van der Waals surface area contributed by atoms with E-state index in [-0.39, 0.29) is 0 Å². The molecule has 0 aromatic carbocycles. The van der Waals surface area contributed by atoms with Crippen LogP contribution in [0.15, 0.2) is 12.3 Å². The van der Waals surface area contributed by atoms with Crippen molar-refractivity contribution in [3.63, 3.8) is 0 Å². The van der Waals surface area contributed by atoms with E-state index in [1.807, 2.05) is 6.07 Å². The molecule has 0 saturated carbocycles. The average Bonchev–Trinajstić information content (AvgIpc) is 2.35. The molecule has 5 nitrogen and oxygen atoms in total. The predicted molar refractivity (Wildman–Crippen MR) is 72.1 cm³/mol. The van der Waals surface area contributed by atoms with Gasteiger partial charge in [-0.15, -0.1) is 0 Å². The number of nitriles is 1. The summed E-state index contributed by atoms with van der Waals surface area (Å²) in [5.74, 6) is 1.20. The maximum atomic E-state index is 8.83. The first kappa shape index (κ1) is 14.3. The van der Waals surface area contributed by atoms with Crippen molar-refractivity contribution in [2.45, 2.75) is 20.3 Å². The van der Waals surface area contributed by atoms with E-state index in [1.54, 1.807) is 12.3 Å². The third-order valence-corrected chi connectivity index (χ3v) is 2.49. The van der Waals surface area contributed by atoms with Crippen LogP contribution in [0, 0.1) is 17.2 Å². The van der Waals surface area contributed by atoms with E-state index >= 15 is 0 Å². The number of hydrogen-bond donors (Lipinski definition) is 2. The molecule has 0 fully saturated rings. The molecule has 0 radical (unpaired) electrons. The van der Waals surface area contributed by atoms with E-state index in [2.05, 4.69) is 24.1 Å². The second-order valence-electron chi connectivity index (χ2n) is 4.45. The number of nitrogen functional groups attached to an aromatic ring is 1. The number of aromatic nitrogens is 1. The summed E-state index contributed by atoms with van der Waals surface area (Å²) >= 11 is 0. The third kappa shape index (κ3) is 4.60. The van der Waals surface area contributed by atoms with Gasteiger partial charge in [0.05, 0.1) is 17.9 Å². The molecule has 1 aromatic heterocycles. The Kier molecular flexibility index (Phi) is 5.95. The lowest BCUT2D eigenvalue weighted by Gasteiger charge is -2.10. The van der Waals surface area contributed by atoms with Gasteiger partial charge in [-0.2, -0.15) is 5.26 Å². The van der Waals surface area contributed by atoms with E-state index in [9.17, 15) is 0 Å². The fourth-order valence-corrected chi connectivity index (χ4v) is 1.37. The lowest BCUT2D eigenvalue weighted by atomic mass is 10.1. The molecule has 1 heterocycles. The van der Waals surface area contributed by atoms with Crippen LogP contribution < -0.4 is 11.1 Å². The lowest BCUT2D eigenvalue weighted by Crippen LogP contribution is -2.13. The Labute approximate surface area is 108 Å². The van der Waals surface area contributed by atoms with E-state index in [0.29, 0.717) is 36.1 Å². The molecule has 0 spiro atoms. The molecule has 0 atom stereocenters. The number of nitrogens with two attached hydrogens (primary N) is 1. The Morgan fingerprint density at radius 2 is 2.28 bits per heavy atom. The summed E-state index contributed by atoms with van der Waals surface area (Å²) in [4.78, 5) is 4.09. The SMILES string of the molecule is CC(C)CCOCCNc1nccc(C#N)c1N. The Morgan fingerprint density at radius 3 is 2.94 bits per heavy atom. The number of rotatable bonds is 7. The summed E-state index contributed by atoms with van der Waals surface area (Å²) in [5, 5.41) is 11.9. The topological polar surface area (TPSA) is 84.0 Å². The lowest BCUT2D eigenvalue weighted by molar-refractivity contribution is 0.132. The minimum absolute atomic E-state index is 0.391. The van der Waals surface area contributed by atoms with E-state index < -0.39 is 0 Å². The largest absolute Gasteiger partial charge is 0.395 e. The van der Waals surface area contributed by atoms with Gasteiger partial charge in [-0.3, -0.25) is 0 Å². The van der Waals surface area contributed by atoms with Crippen LogP contribution in [-0.2, 0) is 4.74 Å². The third-order valence-electron chi connectivity index (χ3n) is 2.49. The Balaban J connectivity index is 2.30. The summed E-state index contributed by atoms with van der Waals surface area (Å²) in [6.45, 7) is 6.33. The van der Waals surface area contributed by atoms with Gasteiger partial charge in [0.2, 0.25) is 0 Å². The highest BCUT2D eigenvalue weighted by Crippen LogP contribution is 2.18. The number of nitrogens with one attached hydrogen (secondary N) is 1. The zero-order valence-corrected chi connectivity index (χ0v) is 10.9. The molecule has 0 amide bonds. The number of anilines is 2. The van der Waals surface area contributed by atoms with Crippen LogP contribution in [0.5, 0.6) is 0 Å². The number of nitrogens with zero attached hydrogens (tertiary/aromatic N) is 2. The van der Waals surface area contributed by atoms with Crippen molar-refractivity contribution in [2.24, 2.45) is 5.92 Å². The summed E-state index contributed by atoms with van der Waals surface area (Å²) in [7, 11) is 0. The van der Waals surface area contributed by atoms with Gasteiger partial charge < -0.3 is 15.8 Å². The molecule has 18 heavy (non-hydrogen) atoms. The van der Waals surface area contributed by atoms with Gasteiger partial charge in [0.25, 0.3) is 0 Å². The number of pyridine rings is 1. The van der Waals surface area contributed by atoms with Crippen LogP contribution in [0.3, 0.4) is 0 Å². The molecule has 3 N–H and O–H groups in total. The molecule has 5 heteroatoms. The Bertz CT molecular complexity index is 412. The van der Waals surface area contributed by atoms with Crippen LogP contribution in [-0.4, -0.2) is 24.7 Å². The molecule has 0 unspecified atom stereocenters. The maximum absolute atomic E-state index is 8.83. The standard InChI is InChI=1S/C13H20N4O/c1-10(2)4-7-18-8-6-17-13-12(15)11(9-14)3-5-16-13/h3,5,10H,4,6-8,15H2,1-2H3,(H,16,17). The van der Waals surface area contributed by atoms with Crippen molar-refractivity contribution in [3.8, 4) is 6.07 Å². The van der Waals surface area contributed by atoms with Crippen LogP contribution >= 0.6 is 0 Å². The first-order chi connectivity index (χ1) is 8.65. The zero-order valence-electron chi connectivity index (χ0n) is 10.9. The molecule has 0 aliphatic carbocycles. The van der Waals surface area contributed by atoms with Crippen LogP contribution in [0.4, 0.5) is 11.5 Å². The summed E-state index contributed by atoms with van der Waals surface area (Å²) < 4.78 is 5.47. The summed E-state index contributed by atoms with van der Waals surface area (Å²) in [6, 6.07) is 3.62. The Hall–Kier alpha value is -1.80. The fraction of sp³-hybridized carbons (Fsp3) is 0.538. The molecule has 1 rings (SSSR count). The average molecular weight is 248 g/mol. The van der Waals surface area contributed by atoms with Crippen molar-refractivity contribution < 1.29 is 4.74 Å². The van der Waals surface area contributed by atoms with Gasteiger partial charge >= 0.3 is 0 Å². The maximum Gasteiger partial charge on any atom is 0.150 e. The highest BCUT2D eigenvalue weighted by atomic mass is 16.5. The van der Waals surface area contributed by atoms with Crippen molar-refractivity contribution in [3.05, 3.63) is 17.8 Å². The van der Waals surface area contributed by atoms with Gasteiger partial charge in [0.15, 0.2) is 5.82 Å². The minimum Gasteiger partial charge on any atom is -0.395 e. The van der Waals surface area contributed by atoms with Crippen molar-refractivity contribution in [1.82, 2.24) is 4.98 Å². The molecular weight excluding hydrogens is 228 g/mol. The van der Waals surface area contributed by atoms with Gasteiger partial charge in [0, 0.05) is 19.3 Å². The number of ether oxygens (including phenoxy) is 1. The molecule has 0 aliphatic rings. The van der Waals surface area contributed by atoms with Gasteiger partial charge in [0.1, 0.15) is 6.07 Å². The van der Waals surface area contributed by atoms with Crippen molar-refractivity contribution in [2.75, 3.05) is 30.8 Å². The minimum atomic E-state index is 0.391. The predicted octanol–water partition coefficient (Wildman–Crippen LogP) is 2.01. The van der Waals surface area contributed by atoms with Crippen LogP contribution in [0.25, 0.3) is 0 Å². The molecule has 98 valence electrons. The summed E-state index contributed by atoms with van der Waals surface area (Å²) in [6.07, 6.45) is 2.63. The second-order valence-corrected chi connectivity index (χ2v) is 4.45. The highest BCUT2D eigenvalue weighted by Gasteiger charge is 2.04. The molecule has 0 aliphatic heterocycles. The van der Waals surface area contributed by atoms with Crippen LogP contribution in [0.2, 0.25) is 0 Å². The molecule has 0 saturated heterocycles. The second kappa shape index (κ2) is 7.51. The van der Waals surface area contributed by atoms with Crippen LogP contribution in [0.1, 0.15) is 25.8 Å². The quantitative estimate of drug-likeness (QED) is 0.721. The van der Waals surface area contributed by atoms with E-state index in [1.165, 1.54) is 0 Å². The normalized spacial score (nSPS) is 10.3. The first-order valence-corrected chi connectivity index (χ1v) is 6.11. The Morgan fingerprint density at radius 1 is 1.50 bits per heavy atom. The molecule has 1 aromatic rings. The highest BCUT2D eigenvalue weighted by molar-refractivity contribution is 5.68. The van der Waals surface area contributed by atoms with Gasteiger partial charge in [-0.25, -0.2) is 4.98 Å². The van der Waals surface area contributed by atoms with Gasteiger partial charge in [-0.05, 0) is 18.4 Å². The summed E-state index contributed by atoms with van der Waals surface area (Å²) in [5.41, 5.74) is 6.62. The smallest absolute Gasteiger partial charge is 0.150 e. The van der Waals surface area contributed by atoms with Gasteiger partial charge in [-0.1, -0.05) is 13.8 Å². The fourth-order valence-electron chi connectivity index (χ4n) is 1.37. The number of hydrogen-bond acceptors (Lipinski definition) is 5. The zero-order chi connectivity index (χ0) is 13.4. The first-order valence-electron chi connectivity index (χ1n) is 6.11. The van der Waals surface area contributed by atoms with E-state index in [0.717, 1.165) is 13.0 Å². The molecular formula is C13H20N4O.